The lowest BCUT2D eigenvalue weighted by Gasteiger charge is -2.35. The molecule has 0 radical (unpaired) electrons. The summed E-state index contributed by atoms with van der Waals surface area (Å²) in [6.07, 6.45) is 2.82. The van der Waals surface area contributed by atoms with Gasteiger partial charge in [-0.1, -0.05) is 0 Å². The number of likely N-dealkylation sites (tertiary alicyclic amines) is 1. The van der Waals surface area contributed by atoms with Gasteiger partial charge >= 0.3 is 0 Å². The summed E-state index contributed by atoms with van der Waals surface area (Å²) < 4.78 is 5.08. The molecule has 78 valence electrons. The SMILES string of the molecule is COC[C@H]1CN(CSC)CC[C@H]1O. The Balaban J connectivity index is 2.33. The fourth-order valence-electron chi connectivity index (χ4n) is 1.77. The van der Waals surface area contributed by atoms with Crippen molar-refractivity contribution in [1.82, 2.24) is 4.90 Å². The lowest BCUT2D eigenvalue weighted by Crippen LogP contribution is -2.44. The predicted octanol–water partition coefficient (Wildman–Crippen LogP) is 0.636. The van der Waals surface area contributed by atoms with Crippen LogP contribution >= 0.6 is 11.8 Å². The summed E-state index contributed by atoms with van der Waals surface area (Å²) in [5.41, 5.74) is 0. The van der Waals surface area contributed by atoms with E-state index in [1.807, 2.05) is 11.8 Å². The molecule has 0 amide bonds. The van der Waals surface area contributed by atoms with Crippen molar-refractivity contribution in [2.75, 3.05) is 38.9 Å². The first-order chi connectivity index (χ1) is 6.27. The van der Waals surface area contributed by atoms with Gasteiger partial charge in [0, 0.05) is 32.0 Å². The molecule has 0 aromatic carbocycles. The Labute approximate surface area is 84.4 Å². The number of rotatable bonds is 4. The highest BCUT2D eigenvalue weighted by molar-refractivity contribution is 7.98. The maximum Gasteiger partial charge on any atom is 0.0614 e. The molecule has 1 fully saturated rings. The summed E-state index contributed by atoms with van der Waals surface area (Å²) in [4.78, 5) is 2.38. The fourth-order valence-corrected chi connectivity index (χ4v) is 2.37. The second-order valence-corrected chi connectivity index (χ2v) is 4.40. The van der Waals surface area contributed by atoms with Gasteiger partial charge in [0.25, 0.3) is 0 Å². The lowest BCUT2D eigenvalue weighted by molar-refractivity contribution is -0.00485. The molecule has 1 aliphatic heterocycles. The minimum Gasteiger partial charge on any atom is -0.393 e. The third kappa shape index (κ3) is 3.46. The second-order valence-electron chi connectivity index (χ2n) is 3.57. The number of ether oxygens (including phenoxy) is 1. The molecule has 1 rings (SSSR count). The number of thioether (sulfide) groups is 1. The highest BCUT2D eigenvalue weighted by Gasteiger charge is 2.26. The van der Waals surface area contributed by atoms with Crippen LogP contribution < -0.4 is 0 Å². The molecule has 0 aliphatic carbocycles. The zero-order valence-corrected chi connectivity index (χ0v) is 9.22. The number of methoxy groups -OCH3 is 1. The first-order valence-electron chi connectivity index (χ1n) is 4.66. The maximum atomic E-state index is 9.67. The van der Waals surface area contributed by atoms with Gasteiger partial charge in [0.1, 0.15) is 0 Å². The second kappa shape index (κ2) is 5.86. The van der Waals surface area contributed by atoms with E-state index in [0.717, 1.165) is 25.4 Å². The van der Waals surface area contributed by atoms with Crippen LogP contribution in [0, 0.1) is 5.92 Å². The Morgan fingerprint density at radius 2 is 2.38 bits per heavy atom. The number of aliphatic hydroxyl groups excluding tert-OH is 1. The Morgan fingerprint density at radius 1 is 1.62 bits per heavy atom. The van der Waals surface area contributed by atoms with E-state index in [0.29, 0.717) is 12.5 Å². The molecular formula is C9H19NO2S. The Hall–Kier alpha value is 0.230. The normalized spacial score (nSPS) is 30.7. The van der Waals surface area contributed by atoms with Crippen molar-refractivity contribution in [2.24, 2.45) is 5.92 Å². The van der Waals surface area contributed by atoms with Gasteiger partial charge in [-0.3, -0.25) is 4.90 Å². The van der Waals surface area contributed by atoms with Crippen molar-refractivity contribution >= 4 is 11.8 Å². The standard InChI is InChI=1S/C9H19NO2S/c1-12-6-8-5-10(7-13-2)4-3-9(8)11/h8-9,11H,3-7H2,1-2H3/t8-,9-/m1/s1. The molecule has 0 saturated carbocycles. The third-order valence-corrected chi connectivity index (χ3v) is 3.09. The molecule has 1 saturated heterocycles. The van der Waals surface area contributed by atoms with E-state index in [9.17, 15) is 5.11 Å². The van der Waals surface area contributed by atoms with Crippen LogP contribution in [0.15, 0.2) is 0 Å². The molecule has 0 aromatic rings. The van der Waals surface area contributed by atoms with Gasteiger partial charge in [-0.25, -0.2) is 0 Å². The van der Waals surface area contributed by atoms with Gasteiger partial charge in [-0.2, -0.15) is 0 Å². The summed E-state index contributed by atoms with van der Waals surface area (Å²) >= 11 is 1.83. The fraction of sp³-hybridized carbons (Fsp3) is 1.00. The molecule has 3 nitrogen and oxygen atoms in total. The predicted molar refractivity (Wildman–Crippen MR) is 55.9 cm³/mol. The Bertz CT molecular complexity index is 146. The maximum absolute atomic E-state index is 9.67. The van der Waals surface area contributed by atoms with Crippen LogP contribution in [0.5, 0.6) is 0 Å². The number of nitrogens with zero attached hydrogens (tertiary/aromatic N) is 1. The molecular weight excluding hydrogens is 186 g/mol. The van der Waals surface area contributed by atoms with Crippen LogP contribution in [0.1, 0.15) is 6.42 Å². The zero-order valence-electron chi connectivity index (χ0n) is 8.40. The number of aliphatic hydroxyl groups is 1. The molecule has 13 heavy (non-hydrogen) atoms. The van der Waals surface area contributed by atoms with Crippen LogP contribution in [0.2, 0.25) is 0 Å². The Morgan fingerprint density at radius 3 is 3.00 bits per heavy atom. The number of hydrogen-bond acceptors (Lipinski definition) is 4. The summed E-state index contributed by atoms with van der Waals surface area (Å²) in [5.74, 6) is 1.36. The average Bonchev–Trinajstić information content (AvgIpc) is 2.12. The highest BCUT2D eigenvalue weighted by Crippen LogP contribution is 2.18. The molecule has 1 aliphatic rings. The van der Waals surface area contributed by atoms with E-state index in [1.54, 1.807) is 7.11 Å². The molecule has 1 heterocycles. The number of piperidine rings is 1. The summed E-state index contributed by atoms with van der Waals surface area (Å²) in [5, 5.41) is 9.67. The smallest absolute Gasteiger partial charge is 0.0614 e. The summed E-state index contributed by atoms with van der Waals surface area (Å²) in [6, 6.07) is 0. The van der Waals surface area contributed by atoms with E-state index >= 15 is 0 Å². The molecule has 1 N–H and O–H groups in total. The van der Waals surface area contributed by atoms with Gasteiger partial charge in [-0.15, -0.1) is 11.8 Å². The third-order valence-electron chi connectivity index (χ3n) is 2.47. The molecule has 0 bridgehead atoms. The van der Waals surface area contributed by atoms with Gasteiger partial charge in [0.05, 0.1) is 12.7 Å². The van der Waals surface area contributed by atoms with Crippen molar-refractivity contribution in [3.8, 4) is 0 Å². The Kier molecular flexibility index (Phi) is 5.09. The monoisotopic (exact) mass is 205 g/mol. The van der Waals surface area contributed by atoms with Crippen LogP contribution in [-0.4, -0.2) is 55.0 Å². The summed E-state index contributed by atoms with van der Waals surface area (Å²) in [6.45, 7) is 2.66. The van der Waals surface area contributed by atoms with Crippen LogP contribution in [-0.2, 0) is 4.74 Å². The quantitative estimate of drug-likeness (QED) is 0.730. The van der Waals surface area contributed by atoms with E-state index in [1.165, 1.54) is 0 Å². The van der Waals surface area contributed by atoms with Gasteiger partial charge in [-0.05, 0) is 12.7 Å². The lowest BCUT2D eigenvalue weighted by atomic mass is 9.96. The number of hydrogen-bond donors (Lipinski definition) is 1. The van der Waals surface area contributed by atoms with Crippen molar-refractivity contribution < 1.29 is 9.84 Å². The minimum atomic E-state index is -0.168. The van der Waals surface area contributed by atoms with Crippen molar-refractivity contribution in [1.29, 1.82) is 0 Å². The van der Waals surface area contributed by atoms with Crippen LogP contribution in [0.3, 0.4) is 0 Å². The van der Waals surface area contributed by atoms with E-state index < -0.39 is 0 Å². The van der Waals surface area contributed by atoms with Gasteiger partial charge in [0.2, 0.25) is 0 Å². The highest BCUT2D eigenvalue weighted by atomic mass is 32.2. The molecule has 0 unspecified atom stereocenters. The summed E-state index contributed by atoms with van der Waals surface area (Å²) in [7, 11) is 1.69. The van der Waals surface area contributed by atoms with Crippen molar-refractivity contribution in [2.45, 2.75) is 12.5 Å². The minimum absolute atomic E-state index is 0.168. The van der Waals surface area contributed by atoms with Crippen molar-refractivity contribution in [3.63, 3.8) is 0 Å². The zero-order chi connectivity index (χ0) is 9.68. The van der Waals surface area contributed by atoms with Crippen LogP contribution in [0.25, 0.3) is 0 Å². The first-order valence-corrected chi connectivity index (χ1v) is 6.05. The van der Waals surface area contributed by atoms with Gasteiger partial charge < -0.3 is 9.84 Å². The topological polar surface area (TPSA) is 32.7 Å². The largest absolute Gasteiger partial charge is 0.393 e. The van der Waals surface area contributed by atoms with Crippen molar-refractivity contribution in [3.05, 3.63) is 0 Å². The average molecular weight is 205 g/mol. The van der Waals surface area contributed by atoms with E-state index in [2.05, 4.69) is 11.2 Å². The molecule has 4 heteroatoms. The van der Waals surface area contributed by atoms with E-state index in [-0.39, 0.29) is 6.10 Å². The van der Waals surface area contributed by atoms with E-state index in [4.69, 9.17) is 4.74 Å². The van der Waals surface area contributed by atoms with Gasteiger partial charge in [0.15, 0.2) is 0 Å². The van der Waals surface area contributed by atoms with Crippen LogP contribution in [0.4, 0.5) is 0 Å². The molecule has 2 atom stereocenters. The first kappa shape index (κ1) is 11.3. The molecule has 0 aromatic heterocycles. The molecule has 0 spiro atoms.